The van der Waals surface area contributed by atoms with Crippen LogP contribution in [0.1, 0.15) is 18.1 Å². The number of nitriles is 1. The van der Waals surface area contributed by atoms with Crippen LogP contribution in [0.2, 0.25) is 0 Å². The first-order valence-electron chi connectivity index (χ1n) is 5.62. The van der Waals surface area contributed by atoms with Crippen LogP contribution < -0.4 is 10.6 Å². The number of anilines is 2. The molecular weight excluding hydrogens is 242 g/mol. The first-order chi connectivity index (χ1) is 9.08. The zero-order chi connectivity index (χ0) is 14.0. The Hall–Kier alpha value is -2.81. The molecule has 0 saturated carbocycles. The van der Waals surface area contributed by atoms with E-state index in [0.717, 1.165) is 16.8 Å². The Kier molecular flexibility index (Phi) is 3.21. The lowest BCUT2D eigenvalue weighted by Crippen LogP contribution is -2.02. The first-order valence-corrected chi connectivity index (χ1v) is 5.62. The maximum atomic E-state index is 10.6. The second-order valence-electron chi connectivity index (χ2n) is 4.17. The predicted molar refractivity (Wildman–Crippen MR) is 72.8 cm³/mol. The average Bonchev–Trinajstić information content (AvgIpc) is 2.67. The third kappa shape index (κ3) is 2.13. The van der Waals surface area contributed by atoms with Crippen molar-refractivity contribution >= 4 is 23.3 Å². The number of amides is 1. The minimum absolute atomic E-state index is 0.425. The average molecular weight is 255 g/mol. The summed E-state index contributed by atoms with van der Waals surface area (Å²) in [5.41, 5.74) is 4.01. The Morgan fingerprint density at radius 2 is 2.37 bits per heavy atom. The third-order valence-corrected chi connectivity index (χ3v) is 2.73. The molecule has 0 radical (unpaired) electrons. The fourth-order valence-corrected chi connectivity index (χ4v) is 1.92. The van der Waals surface area contributed by atoms with Crippen molar-refractivity contribution in [2.24, 2.45) is 0 Å². The number of carbonyl (C=O) groups excluding carboxylic acids is 1. The predicted octanol–water partition coefficient (Wildman–Crippen LogP) is 2.03. The molecule has 0 unspecified atom stereocenters. The molecule has 2 heterocycles. The summed E-state index contributed by atoms with van der Waals surface area (Å²) in [5, 5.41) is 19.0. The highest BCUT2D eigenvalue weighted by atomic mass is 16.1. The summed E-state index contributed by atoms with van der Waals surface area (Å²) in [4.78, 5) is 10.6. The Morgan fingerprint density at radius 1 is 1.63 bits per heavy atom. The molecule has 6 nitrogen and oxygen atoms in total. The number of allylic oxidation sites excluding steroid dienone is 1. The van der Waals surface area contributed by atoms with E-state index < -0.39 is 0 Å². The number of carbonyl (C=O) groups is 1. The van der Waals surface area contributed by atoms with Crippen molar-refractivity contribution in [2.75, 3.05) is 10.6 Å². The van der Waals surface area contributed by atoms with Gasteiger partial charge in [0.05, 0.1) is 34.8 Å². The molecule has 1 amide bonds. The maximum Gasteiger partial charge on any atom is 0.211 e. The van der Waals surface area contributed by atoms with E-state index in [-0.39, 0.29) is 0 Å². The van der Waals surface area contributed by atoms with Gasteiger partial charge in [-0.3, -0.25) is 4.79 Å². The third-order valence-electron chi connectivity index (χ3n) is 2.73. The van der Waals surface area contributed by atoms with Crippen LogP contribution in [0.25, 0.3) is 5.52 Å². The van der Waals surface area contributed by atoms with Crippen LogP contribution in [0, 0.1) is 18.3 Å². The van der Waals surface area contributed by atoms with Gasteiger partial charge in [0, 0.05) is 11.3 Å². The maximum absolute atomic E-state index is 10.6. The standard InChI is InChI=1S/C13H13N5O/c1-8(2)17-12-10(4-14)5-16-18-6-11(15-7-19)9(3)13(12)18/h5-7,17H,1H2,2-3H3,(H,15,19). The van der Waals surface area contributed by atoms with Crippen molar-refractivity contribution in [1.29, 1.82) is 5.26 Å². The molecule has 2 rings (SSSR count). The second kappa shape index (κ2) is 4.82. The van der Waals surface area contributed by atoms with Gasteiger partial charge in [-0.05, 0) is 13.8 Å². The summed E-state index contributed by atoms with van der Waals surface area (Å²) >= 11 is 0. The molecule has 96 valence electrons. The van der Waals surface area contributed by atoms with E-state index in [1.54, 1.807) is 17.6 Å². The zero-order valence-electron chi connectivity index (χ0n) is 10.7. The van der Waals surface area contributed by atoms with Crippen molar-refractivity contribution < 1.29 is 4.79 Å². The van der Waals surface area contributed by atoms with Gasteiger partial charge in [-0.2, -0.15) is 10.4 Å². The van der Waals surface area contributed by atoms with Gasteiger partial charge in [-0.25, -0.2) is 4.52 Å². The van der Waals surface area contributed by atoms with Gasteiger partial charge < -0.3 is 10.6 Å². The summed E-state index contributed by atoms with van der Waals surface area (Å²) < 4.78 is 1.62. The van der Waals surface area contributed by atoms with E-state index in [9.17, 15) is 4.79 Å². The Labute approximate surface area is 110 Å². The van der Waals surface area contributed by atoms with Gasteiger partial charge in [0.1, 0.15) is 6.07 Å². The molecule has 2 aromatic rings. The number of fused-ring (bicyclic) bond motifs is 1. The quantitative estimate of drug-likeness (QED) is 0.819. The molecule has 2 N–H and O–H groups in total. The summed E-state index contributed by atoms with van der Waals surface area (Å²) in [5.74, 6) is 0. The lowest BCUT2D eigenvalue weighted by atomic mass is 10.2. The minimum Gasteiger partial charge on any atom is -0.357 e. The van der Waals surface area contributed by atoms with Crippen molar-refractivity contribution in [1.82, 2.24) is 9.61 Å². The topological polar surface area (TPSA) is 82.2 Å². The van der Waals surface area contributed by atoms with Crippen LogP contribution in [-0.2, 0) is 4.79 Å². The molecular formula is C13H13N5O. The highest BCUT2D eigenvalue weighted by Crippen LogP contribution is 2.30. The van der Waals surface area contributed by atoms with Crippen molar-refractivity contribution in [3.63, 3.8) is 0 Å². The smallest absolute Gasteiger partial charge is 0.211 e. The van der Waals surface area contributed by atoms with Crippen LogP contribution in [-0.4, -0.2) is 16.0 Å². The number of rotatable bonds is 4. The molecule has 0 fully saturated rings. The summed E-state index contributed by atoms with van der Waals surface area (Å²) in [6.07, 6.45) is 3.78. The molecule has 0 spiro atoms. The summed E-state index contributed by atoms with van der Waals surface area (Å²) in [6.45, 7) is 7.44. The lowest BCUT2D eigenvalue weighted by Gasteiger charge is -2.10. The number of hydrogen-bond acceptors (Lipinski definition) is 4. The highest BCUT2D eigenvalue weighted by Gasteiger charge is 2.15. The fourth-order valence-electron chi connectivity index (χ4n) is 1.92. The molecule has 2 aromatic heterocycles. The van der Waals surface area contributed by atoms with Gasteiger partial charge in [0.25, 0.3) is 0 Å². The van der Waals surface area contributed by atoms with Crippen LogP contribution >= 0.6 is 0 Å². The highest BCUT2D eigenvalue weighted by molar-refractivity contribution is 5.88. The second-order valence-corrected chi connectivity index (χ2v) is 4.17. The van der Waals surface area contributed by atoms with Crippen LogP contribution in [0.5, 0.6) is 0 Å². The Balaban J connectivity index is 2.76. The molecule has 0 aliphatic carbocycles. The van der Waals surface area contributed by atoms with Crippen molar-refractivity contribution in [2.45, 2.75) is 13.8 Å². The number of aromatic nitrogens is 2. The summed E-state index contributed by atoms with van der Waals surface area (Å²) in [7, 11) is 0. The van der Waals surface area contributed by atoms with Crippen LogP contribution in [0.15, 0.2) is 24.7 Å². The van der Waals surface area contributed by atoms with Gasteiger partial charge in [0.15, 0.2) is 0 Å². The van der Waals surface area contributed by atoms with E-state index in [1.165, 1.54) is 6.20 Å². The lowest BCUT2D eigenvalue weighted by molar-refractivity contribution is -0.105. The molecule has 0 aromatic carbocycles. The van der Waals surface area contributed by atoms with E-state index in [0.29, 0.717) is 23.3 Å². The minimum atomic E-state index is 0.425. The monoisotopic (exact) mass is 255 g/mol. The normalized spacial score (nSPS) is 9.95. The number of aryl methyl sites for hydroxylation is 1. The van der Waals surface area contributed by atoms with Gasteiger partial charge in [0.2, 0.25) is 6.41 Å². The van der Waals surface area contributed by atoms with Crippen molar-refractivity contribution in [3.05, 3.63) is 35.8 Å². The Bertz CT molecular complexity index is 708. The molecule has 0 saturated heterocycles. The molecule has 0 bridgehead atoms. The van der Waals surface area contributed by atoms with Gasteiger partial charge in [-0.15, -0.1) is 0 Å². The fraction of sp³-hybridized carbons (Fsp3) is 0.154. The van der Waals surface area contributed by atoms with Crippen LogP contribution in [0.3, 0.4) is 0 Å². The molecule has 6 heteroatoms. The molecule has 0 atom stereocenters. The number of nitrogens with zero attached hydrogens (tertiary/aromatic N) is 3. The summed E-state index contributed by atoms with van der Waals surface area (Å²) in [6, 6.07) is 2.09. The van der Waals surface area contributed by atoms with E-state index in [2.05, 4.69) is 28.4 Å². The van der Waals surface area contributed by atoms with Crippen molar-refractivity contribution in [3.8, 4) is 6.07 Å². The first kappa shape index (κ1) is 12.6. The van der Waals surface area contributed by atoms with E-state index in [4.69, 9.17) is 5.26 Å². The molecule has 0 aliphatic rings. The number of hydrogen-bond donors (Lipinski definition) is 2. The van der Waals surface area contributed by atoms with Crippen LogP contribution in [0.4, 0.5) is 11.4 Å². The van der Waals surface area contributed by atoms with Gasteiger partial charge >= 0.3 is 0 Å². The van der Waals surface area contributed by atoms with E-state index in [1.807, 2.05) is 6.92 Å². The van der Waals surface area contributed by atoms with Gasteiger partial charge in [-0.1, -0.05) is 6.58 Å². The van der Waals surface area contributed by atoms with E-state index >= 15 is 0 Å². The molecule has 0 aliphatic heterocycles. The largest absolute Gasteiger partial charge is 0.357 e. The molecule has 19 heavy (non-hydrogen) atoms. The SMILES string of the molecule is C=C(C)Nc1c(C#N)cnn2cc(NC=O)c(C)c12. The zero-order valence-corrected chi connectivity index (χ0v) is 10.7. The Morgan fingerprint density at radius 3 is 2.95 bits per heavy atom. The number of nitrogens with one attached hydrogen (secondary N) is 2.